The Morgan fingerprint density at radius 3 is 2.70 bits per heavy atom. The van der Waals surface area contributed by atoms with Crippen LogP contribution in [-0.4, -0.2) is 45.9 Å². The first-order valence-corrected chi connectivity index (χ1v) is 6.47. The average Bonchev–Trinajstić information content (AvgIpc) is 2.94. The Balaban J connectivity index is 1.93. The minimum atomic E-state index is -1.66. The monoisotopic (exact) mass is 279 g/mol. The van der Waals surface area contributed by atoms with Crippen LogP contribution in [0.3, 0.4) is 0 Å². The predicted octanol–water partition coefficient (Wildman–Crippen LogP) is 0.597. The molecule has 0 spiro atoms. The second kappa shape index (κ2) is 6.49. The lowest BCUT2D eigenvalue weighted by molar-refractivity contribution is -0.165. The normalized spacial score (nSPS) is 20.6. The van der Waals surface area contributed by atoms with Gasteiger partial charge in [0.25, 0.3) is 0 Å². The lowest BCUT2D eigenvalue weighted by atomic mass is 10.2. The van der Waals surface area contributed by atoms with Crippen LogP contribution in [0.25, 0.3) is 0 Å². The fraction of sp³-hybridized carbons (Fsp3) is 0.429. The third-order valence-electron chi connectivity index (χ3n) is 3.33. The van der Waals surface area contributed by atoms with Crippen molar-refractivity contribution >= 4 is 11.9 Å². The molecule has 1 aliphatic heterocycles. The number of rotatable bonds is 5. The Labute approximate surface area is 116 Å². The SMILES string of the molecule is O=C(O)C(O)N1CCCC1C(=O)OCc1ccccc1. The topological polar surface area (TPSA) is 87.1 Å². The van der Waals surface area contributed by atoms with E-state index in [0.29, 0.717) is 19.4 Å². The lowest BCUT2D eigenvalue weighted by Gasteiger charge is -2.25. The second-order valence-corrected chi connectivity index (χ2v) is 4.70. The van der Waals surface area contributed by atoms with E-state index >= 15 is 0 Å². The number of hydrogen-bond donors (Lipinski definition) is 2. The van der Waals surface area contributed by atoms with Crippen molar-refractivity contribution in [1.29, 1.82) is 0 Å². The van der Waals surface area contributed by atoms with Gasteiger partial charge >= 0.3 is 11.9 Å². The van der Waals surface area contributed by atoms with Crippen LogP contribution in [0, 0.1) is 0 Å². The fourth-order valence-electron chi connectivity index (χ4n) is 2.30. The number of aliphatic hydroxyl groups excluding tert-OH is 1. The molecule has 1 aliphatic rings. The minimum Gasteiger partial charge on any atom is -0.478 e. The van der Waals surface area contributed by atoms with E-state index in [1.807, 2.05) is 30.3 Å². The summed E-state index contributed by atoms with van der Waals surface area (Å²) in [4.78, 5) is 24.0. The minimum absolute atomic E-state index is 0.146. The highest BCUT2D eigenvalue weighted by Crippen LogP contribution is 2.21. The highest BCUT2D eigenvalue weighted by atomic mass is 16.5. The van der Waals surface area contributed by atoms with Crippen LogP contribution in [0.5, 0.6) is 0 Å². The quantitative estimate of drug-likeness (QED) is 0.767. The molecule has 0 saturated carbocycles. The zero-order chi connectivity index (χ0) is 14.5. The zero-order valence-electron chi connectivity index (χ0n) is 10.9. The first-order valence-electron chi connectivity index (χ1n) is 6.47. The van der Waals surface area contributed by atoms with Gasteiger partial charge < -0.3 is 14.9 Å². The molecule has 2 rings (SSSR count). The van der Waals surface area contributed by atoms with Crippen molar-refractivity contribution in [1.82, 2.24) is 4.90 Å². The summed E-state index contributed by atoms with van der Waals surface area (Å²) in [6, 6.07) is 8.55. The number of benzene rings is 1. The van der Waals surface area contributed by atoms with Gasteiger partial charge in [-0.1, -0.05) is 30.3 Å². The van der Waals surface area contributed by atoms with E-state index in [1.165, 1.54) is 4.90 Å². The van der Waals surface area contributed by atoms with E-state index in [-0.39, 0.29) is 6.61 Å². The van der Waals surface area contributed by atoms with E-state index in [9.17, 15) is 14.7 Å². The Morgan fingerprint density at radius 1 is 1.35 bits per heavy atom. The molecule has 0 radical (unpaired) electrons. The standard InChI is InChI=1S/C14H17NO5/c16-12(13(17)18)15-8-4-7-11(15)14(19)20-9-10-5-2-1-3-6-10/h1-3,5-6,11-12,16H,4,7-9H2,(H,17,18). The molecule has 20 heavy (non-hydrogen) atoms. The summed E-state index contributed by atoms with van der Waals surface area (Å²) in [6.45, 7) is 0.520. The maximum Gasteiger partial charge on any atom is 0.348 e. The fourth-order valence-corrected chi connectivity index (χ4v) is 2.30. The number of carbonyl (C=O) groups is 2. The first-order chi connectivity index (χ1) is 9.59. The van der Waals surface area contributed by atoms with Crippen molar-refractivity contribution in [2.24, 2.45) is 0 Å². The van der Waals surface area contributed by atoms with Gasteiger partial charge in [-0.3, -0.25) is 9.69 Å². The number of likely N-dealkylation sites (tertiary alicyclic amines) is 1. The number of ether oxygens (including phenoxy) is 1. The number of nitrogens with zero attached hydrogens (tertiary/aromatic N) is 1. The lowest BCUT2D eigenvalue weighted by Crippen LogP contribution is -2.47. The third-order valence-corrected chi connectivity index (χ3v) is 3.33. The number of carboxylic acids is 1. The van der Waals surface area contributed by atoms with Crippen LogP contribution in [0.2, 0.25) is 0 Å². The molecule has 1 saturated heterocycles. The highest BCUT2D eigenvalue weighted by Gasteiger charge is 2.38. The molecular formula is C14H17NO5. The molecule has 0 bridgehead atoms. The summed E-state index contributed by atoms with van der Waals surface area (Å²) in [5.41, 5.74) is 0.865. The first kappa shape index (κ1) is 14.5. The maximum absolute atomic E-state index is 12.0. The summed E-state index contributed by atoms with van der Waals surface area (Å²) in [7, 11) is 0. The molecule has 2 N–H and O–H groups in total. The van der Waals surface area contributed by atoms with Crippen molar-refractivity contribution in [2.45, 2.75) is 31.7 Å². The van der Waals surface area contributed by atoms with Gasteiger partial charge in [0.05, 0.1) is 0 Å². The van der Waals surface area contributed by atoms with Gasteiger partial charge in [0.1, 0.15) is 12.6 Å². The van der Waals surface area contributed by atoms with E-state index in [0.717, 1.165) is 5.56 Å². The maximum atomic E-state index is 12.0. The van der Waals surface area contributed by atoms with Crippen molar-refractivity contribution in [2.75, 3.05) is 6.54 Å². The average molecular weight is 279 g/mol. The largest absolute Gasteiger partial charge is 0.478 e. The molecule has 1 aromatic carbocycles. The van der Waals surface area contributed by atoms with Gasteiger partial charge in [-0.05, 0) is 18.4 Å². The zero-order valence-corrected chi connectivity index (χ0v) is 10.9. The molecular weight excluding hydrogens is 262 g/mol. The Hall–Kier alpha value is -1.92. The van der Waals surface area contributed by atoms with Crippen molar-refractivity contribution < 1.29 is 24.5 Å². The molecule has 6 heteroatoms. The van der Waals surface area contributed by atoms with Gasteiger partial charge in [-0.25, -0.2) is 4.79 Å². The third kappa shape index (κ3) is 3.34. The number of esters is 1. The van der Waals surface area contributed by atoms with Gasteiger partial charge in [0.2, 0.25) is 6.23 Å². The highest BCUT2D eigenvalue weighted by molar-refractivity contribution is 5.78. The number of aliphatic carboxylic acids is 1. The molecule has 0 amide bonds. The number of carbonyl (C=O) groups excluding carboxylic acids is 1. The van der Waals surface area contributed by atoms with Crippen molar-refractivity contribution in [3.63, 3.8) is 0 Å². The number of carboxylic acid groups (broad SMARTS) is 1. The van der Waals surface area contributed by atoms with Gasteiger partial charge in [-0.15, -0.1) is 0 Å². The van der Waals surface area contributed by atoms with Gasteiger partial charge in [0.15, 0.2) is 0 Å². The summed E-state index contributed by atoms with van der Waals surface area (Å²) in [6.07, 6.45) is -0.500. The molecule has 1 aromatic rings. The number of hydrogen-bond acceptors (Lipinski definition) is 5. The van der Waals surface area contributed by atoms with Crippen LogP contribution in [-0.2, 0) is 20.9 Å². The summed E-state index contributed by atoms with van der Waals surface area (Å²) in [5.74, 6) is -1.85. The van der Waals surface area contributed by atoms with E-state index in [1.54, 1.807) is 0 Å². The Bertz CT molecular complexity index is 476. The molecule has 1 fully saturated rings. The van der Waals surface area contributed by atoms with Gasteiger partial charge in [-0.2, -0.15) is 0 Å². The van der Waals surface area contributed by atoms with Gasteiger partial charge in [0, 0.05) is 6.54 Å². The molecule has 1 heterocycles. The molecule has 2 atom stereocenters. The second-order valence-electron chi connectivity index (χ2n) is 4.70. The van der Waals surface area contributed by atoms with Crippen LogP contribution in [0.15, 0.2) is 30.3 Å². The van der Waals surface area contributed by atoms with E-state index in [4.69, 9.17) is 9.84 Å². The van der Waals surface area contributed by atoms with Crippen molar-refractivity contribution in [3.05, 3.63) is 35.9 Å². The Kier molecular flexibility index (Phi) is 4.70. The van der Waals surface area contributed by atoms with Crippen LogP contribution < -0.4 is 0 Å². The predicted molar refractivity (Wildman–Crippen MR) is 69.6 cm³/mol. The van der Waals surface area contributed by atoms with E-state index in [2.05, 4.69) is 0 Å². The summed E-state index contributed by atoms with van der Waals surface area (Å²) in [5, 5.41) is 18.4. The molecule has 0 aliphatic carbocycles. The molecule has 6 nitrogen and oxygen atoms in total. The molecule has 0 aromatic heterocycles. The van der Waals surface area contributed by atoms with E-state index < -0.39 is 24.2 Å². The van der Waals surface area contributed by atoms with Crippen LogP contribution in [0.1, 0.15) is 18.4 Å². The number of aliphatic hydroxyl groups is 1. The molecule has 108 valence electrons. The van der Waals surface area contributed by atoms with Crippen LogP contribution in [0.4, 0.5) is 0 Å². The molecule has 2 unspecified atom stereocenters. The van der Waals surface area contributed by atoms with Crippen LogP contribution >= 0.6 is 0 Å². The summed E-state index contributed by atoms with van der Waals surface area (Å²) >= 11 is 0. The Morgan fingerprint density at radius 2 is 2.05 bits per heavy atom. The smallest absolute Gasteiger partial charge is 0.348 e. The summed E-state index contributed by atoms with van der Waals surface area (Å²) < 4.78 is 5.19. The van der Waals surface area contributed by atoms with Crippen molar-refractivity contribution in [3.8, 4) is 0 Å².